The Balaban J connectivity index is 1.90. The van der Waals surface area contributed by atoms with Gasteiger partial charge in [-0.05, 0) is 30.0 Å². The second-order valence-corrected chi connectivity index (χ2v) is 7.60. The average Bonchev–Trinajstić information content (AvgIpc) is 3.15. The molecule has 2 aromatic heterocycles. The molecule has 0 radical (unpaired) electrons. The molecule has 1 aromatic carbocycles. The summed E-state index contributed by atoms with van der Waals surface area (Å²) in [5.41, 5.74) is 1.48. The van der Waals surface area contributed by atoms with Crippen molar-refractivity contribution in [2.24, 2.45) is 5.92 Å². The van der Waals surface area contributed by atoms with Crippen molar-refractivity contribution in [2.75, 3.05) is 5.32 Å². The van der Waals surface area contributed by atoms with E-state index < -0.39 is 22.7 Å². The molecule has 0 aliphatic heterocycles. The number of carbonyl (C=O) groups is 1. The van der Waals surface area contributed by atoms with Crippen molar-refractivity contribution < 1.29 is 18.0 Å². The van der Waals surface area contributed by atoms with Crippen molar-refractivity contribution in [3.05, 3.63) is 70.2 Å². The number of hydrogen-bond donors (Lipinski definition) is 1. The van der Waals surface area contributed by atoms with E-state index in [1.165, 1.54) is 12.1 Å². The van der Waals surface area contributed by atoms with Gasteiger partial charge in [0.1, 0.15) is 17.3 Å². The lowest BCUT2D eigenvalue weighted by atomic mass is 10.1. The highest BCUT2D eigenvalue weighted by Crippen LogP contribution is 2.20. The van der Waals surface area contributed by atoms with Gasteiger partial charge in [0.25, 0.3) is 5.91 Å². The van der Waals surface area contributed by atoms with E-state index in [9.17, 15) is 18.0 Å². The third-order valence-corrected chi connectivity index (χ3v) is 4.58. The van der Waals surface area contributed by atoms with Gasteiger partial charge in [-0.15, -0.1) is 0 Å². The second-order valence-electron chi connectivity index (χ2n) is 6.62. The number of hydrogen-bond acceptors (Lipinski definition) is 3. The number of thiazole rings is 1. The van der Waals surface area contributed by atoms with Gasteiger partial charge >= 0.3 is 0 Å². The molecular formula is C19H18F3N3OS. The molecule has 142 valence electrons. The van der Waals surface area contributed by atoms with E-state index in [0.29, 0.717) is 11.6 Å². The van der Waals surface area contributed by atoms with Crippen LogP contribution < -0.4 is 5.32 Å². The zero-order valence-electron chi connectivity index (χ0n) is 14.8. The summed E-state index contributed by atoms with van der Waals surface area (Å²) in [7, 11) is 0. The van der Waals surface area contributed by atoms with Crippen molar-refractivity contribution >= 4 is 22.4 Å². The standard InChI is InChI=1S/C19H18F3N3OS/c1-11(2)5-12-6-16(18(26)24-19-23-8-17(22)27-19)25(9-12)10-13-3-4-14(20)7-15(13)21/h3-4,6-9,11H,5,10H2,1-2H3,(H,23,24,26). The van der Waals surface area contributed by atoms with E-state index in [4.69, 9.17) is 0 Å². The van der Waals surface area contributed by atoms with Gasteiger partial charge in [0.2, 0.25) is 0 Å². The van der Waals surface area contributed by atoms with Gasteiger partial charge in [0.15, 0.2) is 10.3 Å². The van der Waals surface area contributed by atoms with Gasteiger partial charge in [-0.2, -0.15) is 4.39 Å². The quantitative estimate of drug-likeness (QED) is 0.650. The summed E-state index contributed by atoms with van der Waals surface area (Å²) in [6.07, 6.45) is 3.54. The monoisotopic (exact) mass is 393 g/mol. The Morgan fingerprint density at radius 3 is 2.67 bits per heavy atom. The Labute approximate surface area is 158 Å². The SMILES string of the molecule is CC(C)Cc1cc(C(=O)Nc2ncc(F)s2)n(Cc2ccc(F)cc2F)c1. The number of rotatable bonds is 6. The number of carbonyl (C=O) groups excluding carboxylic acids is 1. The van der Waals surface area contributed by atoms with Crippen LogP contribution in [0.5, 0.6) is 0 Å². The van der Waals surface area contributed by atoms with Crippen LogP contribution in [0.1, 0.15) is 35.5 Å². The fourth-order valence-electron chi connectivity index (χ4n) is 2.78. The fraction of sp³-hybridized carbons (Fsp3) is 0.263. The van der Waals surface area contributed by atoms with Crippen LogP contribution in [0, 0.1) is 22.7 Å². The number of anilines is 1. The highest BCUT2D eigenvalue weighted by Gasteiger charge is 2.17. The molecule has 3 rings (SSSR count). The van der Waals surface area contributed by atoms with E-state index in [0.717, 1.165) is 35.6 Å². The third-order valence-electron chi connectivity index (χ3n) is 3.88. The molecule has 0 fully saturated rings. The van der Waals surface area contributed by atoms with Crippen LogP contribution in [-0.2, 0) is 13.0 Å². The molecule has 0 unspecified atom stereocenters. The summed E-state index contributed by atoms with van der Waals surface area (Å²) in [6.45, 7) is 4.17. The molecule has 27 heavy (non-hydrogen) atoms. The summed E-state index contributed by atoms with van der Waals surface area (Å²) < 4.78 is 41.9. The van der Waals surface area contributed by atoms with Crippen LogP contribution in [0.3, 0.4) is 0 Å². The number of nitrogens with one attached hydrogen (secondary N) is 1. The van der Waals surface area contributed by atoms with Gasteiger partial charge in [-0.25, -0.2) is 13.8 Å². The smallest absolute Gasteiger partial charge is 0.274 e. The molecule has 2 heterocycles. The number of nitrogens with zero attached hydrogens (tertiary/aromatic N) is 2. The predicted octanol–water partition coefficient (Wildman–Crippen LogP) is 4.86. The molecule has 0 atom stereocenters. The average molecular weight is 393 g/mol. The first-order valence-electron chi connectivity index (χ1n) is 8.37. The Bertz CT molecular complexity index is 965. The molecule has 0 bridgehead atoms. The lowest BCUT2D eigenvalue weighted by Gasteiger charge is -2.10. The molecular weight excluding hydrogens is 375 g/mol. The molecule has 0 aliphatic rings. The highest BCUT2D eigenvalue weighted by molar-refractivity contribution is 7.14. The minimum absolute atomic E-state index is 0.0686. The van der Waals surface area contributed by atoms with Crippen molar-refractivity contribution in [1.82, 2.24) is 9.55 Å². The summed E-state index contributed by atoms with van der Waals surface area (Å²) >= 11 is 0.721. The van der Waals surface area contributed by atoms with Gasteiger partial charge in [-0.1, -0.05) is 31.3 Å². The molecule has 0 aliphatic carbocycles. The molecule has 8 heteroatoms. The molecule has 3 aromatic rings. The zero-order valence-corrected chi connectivity index (χ0v) is 15.6. The first-order valence-corrected chi connectivity index (χ1v) is 9.19. The largest absolute Gasteiger partial charge is 0.339 e. The molecule has 0 saturated carbocycles. The molecule has 4 nitrogen and oxygen atoms in total. The van der Waals surface area contributed by atoms with Crippen molar-refractivity contribution in [3.63, 3.8) is 0 Å². The van der Waals surface area contributed by atoms with E-state index in [-0.39, 0.29) is 17.2 Å². The van der Waals surface area contributed by atoms with E-state index in [2.05, 4.69) is 24.1 Å². The van der Waals surface area contributed by atoms with Crippen LogP contribution >= 0.6 is 11.3 Å². The second kappa shape index (κ2) is 7.96. The Kier molecular flexibility index (Phi) is 5.65. The van der Waals surface area contributed by atoms with Crippen LogP contribution in [0.25, 0.3) is 0 Å². The van der Waals surface area contributed by atoms with Crippen LogP contribution in [-0.4, -0.2) is 15.5 Å². The normalized spacial score (nSPS) is 11.2. The predicted molar refractivity (Wildman–Crippen MR) is 98.5 cm³/mol. The van der Waals surface area contributed by atoms with E-state index >= 15 is 0 Å². The lowest BCUT2D eigenvalue weighted by Crippen LogP contribution is -2.17. The van der Waals surface area contributed by atoms with Crippen LogP contribution in [0.2, 0.25) is 0 Å². The van der Waals surface area contributed by atoms with E-state index in [1.807, 2.05) is 0 Å². The summed E-state index contributed by atoms with van der Waals surface area (Å²) in [5, 5.41) is 2.19. The maximum atomic E-state index is 14.0. The number of aromatic nitrogens is 2. The van der Waals surface area contributed by atoms with Gasteiger partial charge in [0.05, 0.1) is 12.7 Å². The van der Waals surface area contributed by atoms with Crippen molar-refractivity contribution in [2.45, 2.75) is 26.8 Å². The third kappa shape index (κ3) is 4.77. The van der Waals surface area contributed by atoms with Gasteiger partial charge < -0.3 is 4.57 Å². The topological polar surface area (TPSA) is 46.9 Å². The first-order chi connectivity index (χ1) is 12.8. The lowest BCUT2D eigenvalue weighted by molar-refractivity contribution is 0.101. The van der Waals surface area contributed by atoms with Gasteiger partial charge in [0, 0.05) is 17.8 Å². The molecule has 1 N–H and O–H groups in total. The fourth-order valence-corrected chi connectivity index (χ4v) is 3.32. The summed E-state index contributed by atoms with van der Waals surface area (Å²) in [5.74, 6) is -1.44. The minimum Gasteiger partial charge on any atom is -0.339 e. The zero-order chi connectivity index (χ0) is 19.6. The van der Waals surface area contributed by atoms with Crippen molar-refractivity contribution in [1.29, 1.82) is 0 Å². The van der Waals surface area contributed by atoms with Crippen LogP contribution in [0.4, 0.5) is 18.3 Å². The molecule has 0 saturated heterocycles. The summed E-state index contributed by atoms with van der Waals surface area (Å²) in [4.78, 5) is 16.4. The molecule has 0 spiro atoms. The summed E-state index contributed by atoms with van der Waals surface area (Å²) in [6, 6.07) is 5.06. The maximum absolute atomic E-state index is 14.0. The Morgan fingerprint density at radius 2 is 2.04 bits per heavy atom. The Morgan fingerprint density at radius 1 is 1.26 bits per heavy atom. The molecule has 1 amide bonds. The number of halogens is 3. The first kappa shape index (κ1) is 19.2. The van der Waals surface area contributed by atoms with E-state index in [1.54, 1.807) is 16.8 Å². The van der Waals surface area contributed by atoms with Crippen LogP contribution in [0.15, 0.2) is 36.7 Å². The highest BCUT2D eigenvalue weighted by atomic mass is 32.1. The van der Waals surface area contributed by atoms with Crippen molar-refractivity contribution in [3.8, 4) is 0 Å². The Hall–Kier alpha value is -2.61. The number of benzene rings is 1. The number of amides is 1. The van der Waals surface area contributed by atoms with Gasteiger partial charge in [-0.3, -0.25) is 10.1 Å². The minimum atomic E-state index is -0.678. The maximum Gasteiger partial charge on any atom is 0.274 e.